The first-order valence-electron chi connectivity index (χ1n) is 10.8. The molecule has 0 saturated carbocycles. The summed E-state index contributed by atoms with van der Waals surface area (Å²) in [5.74, 6) is -0.429. The minimum Gasteiger partial charge on any atom is -0.481 e. The van der Waals surface area contributed by atoms with Crippen molar-refractivity contribution in [1.82, 2.24) is 0 Å². The standard InChI is InChI=1S/C27H35FO2S/c1-18(2)21-12-11-20(10-8-19-9-13-22(28)16-19)23(17-21)24(31-26(3,4)5)14-15-27(6,7)25(29)30/h8-14,16-18,22H,15H2,1-7H3,(H,29,30)/b10-8+,24-14-. The lowest BCUT2D eigenvalue weighted by Crippen LogP contribution is -2.22. The Labute approximate surface area is 191 Å². The van der Waals surface area contributed by atoms with Crippen LogP contribution in [0.2, 0.25) is 0 Å². The van der Waals surface area contributed by atoms with E-state index in [-0.39, 0.29) is 4.75 Å². The summed E-state index contributed by atoms with van der Waals surface area (Å²) in [5, 5.41) is 9.57. The average Bonchev–Trinajstić information content (AvgIpc) is 3.07. The maximum absolute atomic E-state index is 13.5. The van der Waals surface area contributed by atoms with Crippen LogP contribution in [0.3, 0.4) is 0 Å². The van der Waals surface area contributed by atoms with Gasteiger partial charge in [-0.3, -0.25) is 4.79 Å². The van der Waals surface area contributed by atoms with Crippen molar-refractivity contribution >= 4 is 28.7 Å². The summed E-state index contributed by atoms with van der Waals surface area (Å²) < 4.78 is 13.4. The zero-order chi connectivity index (χ0) is 23.4. The molecule has 0 saturated heterocycles. The van der Waals surface area contributed by atoms with Gasteiger partial charge in [0, 0.05) is 9.65 Å². The number of halogens is 1. The largest absolute Gasteiger partial charge is 0.481 e. The molecule has 1 aromatic rings. The van der Waals surface area contributed by atoms with Crippen LogP contribution >= 0.6 is 11.8 Å². The van der Waals surface area contributed by atoms with Crippen molar-refractivity contribution in [2.75, 3.05) is 0 Å². The van der Waals surface area contributed by atoms with Crippen LogP contribution in [0.5, 0.6) is 0 Å². The SMILES string of the molecule is CC(C)c1ccc(/C=C/C2=CC(F)C=C2)c(/C(=C/CC(C)(C)C(=O)O)SC(C)(C)C)c1. The molecule has 0 aliphatic heterocycles. The lowest BCUT2D eigenvalue weighted by molar-refractivity contribution is -0.146. The number of thioether (sulfide) groups is 1. The van der Waals surface area contributed by atoms with E-state index >= 15 is 0 Å². The third kappa shape index (κ3) is 7.53. The van der Waals surface area contributed by atoms with Gasteiger partial charge in [-0.25, -0.2) is 4.39 Å². The molecule has 0 amide bonds. The first kappa shape index (κ1) is 25.2. The highest BCUT2D eigenvalue weighted by atomic mass is 32.2. The molecule has 0 radical (unpaired) electrons. The first-order chi connectivity index (χ1) is 14.3. The fourth-order valence-corrected chi connectivity index (χ4v) is 4.17. The molecule has 1 N–H and O–H groups in total. The van der Waals surface area contributed by atoms with Crippen LogP contribution in [0, 0.1) is 5.41 Å². The normalized spacial score (nSPS) is 17.6. The fraction of sp³-hybridized carbons (Fsp3) is 0.444. The Kier molecular flexibility index (Phi) is 8.15. The Hall–Kier alpha value is -2.07. The number of aliphatic carboxylic acids is 1. The Bertz CT molecular complexity index is 927. The van der Waals surface area contributed by atoms with Gasteiger partial charge in [-0.1, -0.05) is 71.1 Å². The number of hydrogen-bond donors (Lipinski definition) is 1. The zero-order valence-corrected chi connectivity index (χ0v) is 20.5. The zero-order valence-electron chi connectivity index (χ0n) is 19.7. The number of hydrogen-bond acceptors (Lipinski definition) is 2. The van der Waals surface area contributed by atoms with Crippen molar-refractivity contribution in [3.63, 3.8) is 0 Å². The predicted molar refractivity (Wildman–Crippen MR) is 133 cm³/mol. The van der Waals surface area contributed by atoms with Gasteiger partial charge >= 0.3 is 5.97 Å². The van der Waals surface area contributed by atoms with Crippen molar-refractivity contribution in [3.05, 3.63) is 70.8 Å². The molecule has 1 aliphatic rings. The molecule has 2 rings (SSSR count). The molecule has 31 heavy (non-hydrogen) atoms. The summed E-state index contributed by atoms with van der Waals surface area (Å²) in [4.78, 5) is 12.7. The first-order valence-corrected chi connectivity index (χ1v) is 11.6. The number of rotatable bonds is 8. The van der Waals surface area contributed by atoms with Gasteiger partial charge in [-0.15, -0.1) is 11.8 Å². The van der Waals surface area contributed by atoms with E-state index in [0.717, 1.165) is 21.6 Å². The molecule has 0 bridgehead atoms. The number of allylic oxidation sites excluding steroid dienone is 6. The van der Waals surface area contributed by atoms with Gasteiger partial charge in [-0.05, 0) is 66.7 Å². The van der Waals surface area contributed by atoms with Crippen LogP contribution in [-0.2, 0) is 4.79 Å². The van der Waals surface area contributed by atoms with E-state index in [4.69, 9.17) is 0 Å². The molecule has 0 fully saturated rings. The molecule has 0 heterocycles. The Morgan fingerprint density at radius 3 is 2.39 bits per heavy atom. The average molecular weight is 443 g/mol. The van der Waals surface area contributed by atoms with Crippen molar-refractivity contribution in [2.24, 2.45) is 5.41 Å². The van der Waals surface area contributed by atoms with E-state index in [0.29, 0.717) is 12.3 Å². The maximum atomic E-state index is 13.5. The van der Waals surface area contributed by atoms with E-state index in [1.807, 2.05) is 12.2 Å². The summed E-state index contributed by atoms with van der Waals surface area (Å²) in [6.45, 7) is 14.3. The summed E-state index contributed by atoms with van der Waals surface area (Å²) >= 11 is 1.75. The number of benzene rings is 1. The monoisotopic (exact) mass is 442 g/mol. The lowest BCUT2D eigenvalue weighted by atomic mass is 9.88. The Balaban J connectivity index is 2.56. The van der Waals surface area contributed by atoms with E-state index in [1.54, 1.807) is 37.8 Å². The lowest BCUT2D eigenvalue weighted by Gasteiger charge is -2.24. The smallest absolute Gasteiger partial charge is 0.309 e. The highest BCUT2D eigenvalue weighted by molar-refractivity contribution is 8.09. The summed E-state index contributed by atoms with van der Waals surface area (Å²) in [6, 6.07) is 6.44. The minimum absolute atomic E-state index is 0.0355. The number of alkyl halides is 1. The maximum Gasteiger partial charge on any atom is 0.309 e. The molecule has 1 aromatic carbocycles. The predicted octanol–water partition coefficient (Wildman–Crippen LogP) is 8.03. The molecular weight excluding hydrogens is 407 g/mol. The van der Waals surface area contributed by atoms with E-state index in [1.165, 1.54) is 11.6 Å². The second kappa shape index (κ2) is 10.0. The van der Waals surface area contributed by atoms with Gasteiger partial charge in [0.1, 0.15) is 6.17 Å². The van der Waals surface area contributed by atoms with Crippen LogP contribution in [0.1, 0.15) is 77.5 Å². The van der Waals surface area contributed by atoms with Crippen LogP contribution in [0.4, 0.5) is 4.39 Å². The number of carboxylic acids is 1. The molecule has 1 aliphatic carbocycles. The molecule has 1 unspecified atom stereocenters. The van der Waals surface area contributed by atoms with Crippen molar-refractivity contribution in [3.8, 4) is 0 Å². The molecule has 0 spiro atoms. The van der Waals surface area contributed by atoms with Gasteiger partial charge < -0.3 is 5.11 Å². The number of carbonyl (C=O) groups is 1. The Morgan fingerprint density at radius 2 is 1.87 bits per heavy atom. The highest BCUT2D eigenvalue weighted by Gasteiger charge is 2.27. The van der Waals surface area contributed by atoms with Gasteiger partial charge in [0.05, 0.1) is 5.41 Å². The summed E-state index contributed by atoms with van der Waals surface area (Å²) in [7, 11) is 0. The third-order valence-corrected chi connectivity index (χ3v) is 6.30. The summed E-state index contributed by atoms with van der Waals surface area (Å²) in [5.41, 5.74) is 3.37. The molecule has 2 nitrogen and oxygen atoms in total. The second-order valence-corrected chi connectivity index (χ2v) is 11.8. The Morgan fingerprint density at radius 1 is 1.19 bits per heavy atom. The third-order valence-electron chi connectivity index (χ3n) is 5.08. The molecule has 168 valence electrons. The molecule has 1 atom stereocenters. The van der Waals surface area contributed by atoms with Gasteiger partial charge in [0.25, 0.3) is 0 Å². The molecule has 4 heteroatoms. The van der Waals surface area contributed by atoms with Gasteiger partial charge in [-0.2, -0.15) is 0 Å². The van der Waals surface area contributed by atoms with E-state index < -0.39 is 17.6 Å². The summed E-state index contributed by atoms with van der Waals surface area (Å²) in [6.07, 6.45) is 10.4. The quantitative estimate of drug-likeness (QED) is 0.443. The number of carboxylic acid groups (broad SMARTS) is 1. The molecule has 0 aromatic heterocycles. The van der Waals surface area contributed by atoms with Crippen molar-refractivity contribution in [1.29, 1.82) is 0 Å². The van der Waals surface area contributed by atoms with E-state index in [2.05, 4.69) is 58.9 Å². The highest BCUT2D eigenvalue weighted by Crippen LogP contribution is 2.41. The van der Waals surface area contributed by atoms with Crippen LogP contribution < -0.4 is 0 Å². The van der Waals surface area contributed by atoms with Gasteiger partial charge in [0.2, 0.25) is 0 Å². The molecular formula is C27H35FO2S. The van der Waals surface area contributed by atoms with Gasteiger partial charge in [0.15, 0.2) is 0 Å². The van der Waals surface area contributed by atoms with E-state index in [9.17, 15) is 14.3 Å². The minimum atomic E-state index is -1.02. The van der Waals surface area contributed by atoms with Crippen LogP contribution in [0.25, 0.3) is 11.0 Å². The second-order valence-electron chi connectivity index (χ2n) is 9.98. The van der Waals surface area contributed by atoms with Crippen molar-refractivity contribution in [2.45, 2.75) is 71.7 Å². The van der Waals surface area contributed by atoms with Crippen molar-refractivity contribution < 1.29 is 14.3 Å². The van der Waals surface area contributed by atoms with Crippen LogP contribution in [0.15, 0.2) is 54.2 Å². The topological polar surface area (TPSA) is 37.3 Å². The van der Waals surface area contributed by atoms with Crippen LogP contribution in [-0.4, -0.2) is 22.0 Å². The fourth-order valence-electron chi connectivity index (χ4n) is 3.06.